The molecule has 11 heteroatoms. The van der Waals surface area contributed by atoms with E-state index in [4.69, 9.17) is 9.90 Å². The van der Waals surface area contributed by atoms with Crippen molar-refractivity contribution in [3.8, 4) is 0 Å². The number of alkyl halides is 3. The van der Waals surface area contributed by atoms with Gasteiger partial charge in [-0.05, 0) is 31.0 Å². The van der Waals surface area contributed by atoms with E-state index in [1.54, 1.807) is 30.5 Å². The molecule has 2 heterocycles. The summed E-state index contributed by atoms with van der Waals surface area (Å²) < 4.78 is 45.7. The fourth-order valence-electron chi connectivity index (χ4n) is 2.83. The molecule has 1 fully saturated rings. The maximum absolute atomic E-state index is 14.0. The van der Waals surface area contributed by atoms with Crippen LogP contribution in [0.5, 0.6) is 0 Å². The highest BCUT2D eigenvalue weighted by Crippen LogP contribution is 2.25. The summed E-state index contributed by atoms with van der Waals surface area (Å²) in [7, 11) is 0. The lowest BCUT2D eigenvalue weighted by atomic mass is 10.0. The number of carbonyl (C=O) groups excluding carboxylic acids is 1. The van der Waals surface area contributed by atoms with Crippen LogP contribution >= 0.6 is 0 Å². The Balaban J connectivity index is 0.000000423. The Morgan fingerprint density at radius 2 is 1.90 bits per heavy atom. The fourth-order valence-corrected chi connectivity index (χ4v) is 2.83. The fraction of sp³-hybridized carbons (Fsp3) is 0.400. The van der Waals surface area contributed by atoms with E-state index in [0.717, 1.165) is 12.2 Å². The predicted molar refractivity (Wildman–Crippen MR) is 105 cm³/mol. The number of amides is 1. The van der Waals surface area contributed by atoms with Crippen LogP contribution in [0.3, 0.4) is 0 Å². The molecule has 1 aliphatic rings. The summed E-state index contributed by atoms with van der Waals surface area (Å²) in [5.74, 6) is -1.69. The number of aliphatic carboxylic acids is 1. The Kier molecular flexibility index (Phi) is 7.89. The monoisotopic (exact) mass is 442 g/mol. The van der Waals surface area contributed by atoms with Crippen LogP contribution in [-0.4, -0.2) is 45.7 Å². The van der Waals surface area contributed by atoms with Gasteiger partial charge in [0.1, 0.15) is 23.5 Å². The second-order valence-corrected chi connectivity index (χ2v) is 7.04. The number of carboxylic acids is 1. The van der Waals surface area contributed by atoms with E-state index < -0.39 is 18.2 Å². The Bertz CT molecular complexity index is 921. The maximum atomic E-state index is 14.0. The number of nitrogens with zero attached hydrogens (tertiary/aromatic N) is 3. The van der Waals surface area contributed by atoms with E-state index in [0.29, 0.717) is 24.5 Å². The van der Waals surface area contributed by atoms with Crippen LogP contribution in [0.4, 0.5) is 29.1 Å². The summed E-state index contributed by atoms with van der Waals surface area (Å²) >= 11 is 0. The minimum Gasteiger partial charge on any atom is -0.475 e. The highest BCUT2D eigenvalue weighted by atomic mass is 19.4. The summed E-state index contributed by atoms with van der Waals surface area (Å²) in [6, 6.07) is 7.71. The Morgan fingerprint density at radius 1 is 1.26 bits per heavy atom. The van der Waals surface area contributed by atoms with Gasteiger partial charge in [0.25, 0.3) is 0 Å². The lowest BCUT2D eigenvalue weighted by molar-refractivity contribution is -0.192. The van der Waals surface area contributed by atoms with E-state index in [9.17, 15) is 22.4 Å². The maximum Gasteiger partial charge on any atom is 0.490 e. The zero-order valence-corrected chi connectivity index (χ0v) is 16.9. The minimum absolute atomic E-state index is 0.129. The molecule has 168 valence electrons. The molecule has 1 aromatic heterocycles. The smallest absolute Gasteiger partial charge is 0.475 e. The normalized spacial score (nSPS) is 16.5. The van der Waals surface area contributed by atoms with Crippen molar-refractivity contribution in [3.63, 3.8) is 0 Å². The molecule has 1 atom stereocenters. The first-order valence-corrected chi connectivity index (χ1v) is 9.46. The predicted octanol–water partition coefficient (Wildman–Crippen LogP) is 3.98. The summed E-state index contributed by atoms with van der Waals surface area (Å²) in [5, 5.41) is 10.3. The molecule has 1 aliphatic heterocycles. The third kappa shape index (κ3) is 6.63. The van der Waals surface area contributed by atoms with Crippen molar-refractivity contribution in [2.75, 3.05) is 16.8 Å². The van der Waals surface area contributed by atoms with E-state index in [1.165, 1.54) is 11.0 Å². The molecule has 1 aromatic carbocycles. The second kappa shape index (κ2) is 10.2. The molecule has 0 aliphatic carbocycles. The first-order chi connectivity index (χ1) is 14.5. The lowest BCUT2D eigenvalue weighted by Gasteiger charge is -2.33. The number of nitrogens with one attached hydrogen (secondary N) is 1. The topological polar surface area (TPSA) is 95.4 Å². The third-order valence-electron chi connectivity index (χ3n) is 4.34. The number of halogens is 4. The van der Waals surface area contributed by atoms with Crippen molar-refractivity contribution in [2.45, 2.75) is 44.8 Å². The minimum atomic E-state index is -5.08. The Morgan fingerprint density at radius 3 is 2.48 bits per heavy atom. The van der Waals surface area contributed by atoms with Gasteiger partial charge in [-0.1, -0.05) is 26.0 Å². The van der Waals surface area contributed by atoms with Gasteiger partial charge in [0.2, 0.25) is 5.91 Å². The van der Waals surface area contributed by atoms with E-state index >= 15 is 0 Å². The molecule has 1 amide bonds. The summed E-state index contributed by atoms with van der Waals surface area (Å²) in [6.45, 7) is 4.56. The molecule has 1 saturated heterocycles. The van der Waals surface area contributed by atoms with Crippen LogP contribution in [-0.2, 0) is 9.59 Å². The van der Waals surface area contributed by atoms with Crippen molar-refractivity contribution < 1.29 is 32.3 Å². The molecule has 3 rings (SSSR count). The van der Waals surface area contributed by atoms with Crippen LogP contribution in [0.15, 0.2) is 36.5 Å². The quantitative estimate of drug-likeness (QED) is 0.696. The van der Waals surface area contributed by atoms with Crippen LogP contribution in [0.2, 0.25) is 0 Å². The number of piperidine rings is 1. The number of carboxylic acid groups (broad SMARTS) is 1. The lowest BCUT2D eigenvalue weighted by Crippen LogP contribution is -2.48. The van der Waals surface area contributed by atoms with Crippen molar-refractivity contribution >= 4 is 23.4 Å². The molecule has 0 spiro atoms. The van der Waals surface area contributed by atoms with Gasteiger partial charge in [0.05, 0.1) is 5.69 Å². The number of hydrogen-bond donors (Lipinski definition) is 2. The highest BCUT2D eigenvalue weighted by molar-refractivity contribution is 5.99. The number of aromatic nitrogens is 2. The zero-order valence-electron chi connectivity index (χ0n) is 16.9. The molecule has 0 radical (unpaired) electrons. The van der Waals surface area contributed by atoms with E-state index in [-0.39, 0.29) is 17.6 Å². The number of para-hydroxylation sites is 1. The molecule has 0 saturated carbocycles. The summed E-state index contributed by atoms with van der Waals surface area (Å²) in [6.07, 6.45) is -1.89. The Hall–Kier alpha value is -3.24. The van der Waals surface area contributed by atoms with Crippen LogP contribution in [0, 0.1) is 5.82 Å². The molecule has 2 N–H and O–H groups in total. The highest BCUT2D eigenvalue weighted by Gasteiger charge is 2.38. The first-order valence-electron chi connectivity index (χ1n) is 9.46. The third-order valence-corrected chi connectivity index (χ3v) is 4.34. The molecule has 0 bridgehead atoms. The number of hydrogen-bond acceptors (Lipinski definition) is 5. The molecule has 31 heavy (non-hydrogen) atoms. The molecule has 1 unspecified atom stereocenters. The van der Waals surface area contributed by atoms with Gasteiger partial charge >= 0.3 is 12.1 Å². The summed E-state index contributed by atoms with van der Waals surface area (Å²) in [5.41, 5.74) is 0.333. The van der Waals surface area contributed by atoms with Gasteiger partial charge in [-0.15, -0.1) is 0 Å². The number of anilines is 2. The van der Waals surface area contributed by atoms with Gasteiger partial charge in [-0.25, -0.2) is 19.2 Å². The molecular formula is C20H22F4N4O3. The van der Waals surface area contributed by atoms with Crippen molar-refractivity contribution in [1.29, 1.82) is 0 Å². The standard InChI is InChI=1S/C18H21FN4O.C2HF3O2/c1-12(2)17-20-10-9-16(22-17)21-14-7-5-11-23(18(14)24)15-8-4-3-6-13(15)19;3-2(4,5)1(6)7/h3-4,6,8-10,12,14H,5,7,11H2,1-2H3,(H,20,21,22);(H,6,7). The van der Waals surface area contributed by atoms with Crippen LogP contribution in [0.1, 0.15) is 38.4 Å². The molecular weight excluding hydrogens is 420 g/mol. The van der Waals surface area contributed by atoms with Gasteiger partial charge in [0, 0.05) is 18.7 Å². The number of carbonyl (C=O) groups is 2. The number of benzene rings is 1. The first kappa shape index (κ1) is 24.0. The second-order valence-electron chi connectivity index (χ2n) is 7.04. The van der Waals surface area contributed by atoms with Gasteiger partial charge in [0.15, 0.2) is 0 Å². The van der Waals surface area contributed by atoms with Gasteiger partial charge in [-0.2, -0.15) is 13.2 Å². The van der Waals surface area contributed by atoms with Crippen LogP contribution < -0.4 is 10.2 Å². The Labute approximate surface area is 176 Å². The van der Waals surface area contributed by atoms with Crippen LogP contribution in [0.25, 0.3) is 0 Å². The molecule has 2 aromatic rings. The largest absolute Gasteiger partial charge is 0.490 e. The van der Waals surface area contributed by atoms with Crippen molar-refractivity contribution in [1.82, 2.24) is 9.97 Å². The van der Waals surface area contributed by atoms with Gasteiger partial charge in [-0.3, -0.25) is 4.79 Å². The van der Waals surface area contributed by atoms with E-state index in [2.05, 4.69) is 15.3 Å². The van der Waals surface area contributed by atoms with Crippen molar-refractivity contribution in [3.05, 3.63) is 48.2 Å². The average molecular weight is 442 g/mol. The molecule has 7 nitrogen and oxygen atoms in total. The SMILES string of the molecule is CC(C)c1nccc(NC2CCCN(c3ccccc3F)C2=O)n1.O=C(O)C(F)(F)F. The average Bonchev–Trinajstić information content (AvgIpc) is 2.70. The van der Waals surface area contributed by atoms with E-state index in [1.807, 2.05) is 13.8 Å². The van der Waals surface area contributed by atoms with Gasteiger partial charge < -0.3 is 15.3 Å². The summed E-state index contributed by atoms with van der Waals surface area (Å²) in [4.78, 5) is 31.8. The zero-order chi connectivity index (χ0) is 23.2. The number of rotatable bonds is 4. The van der Waals surface area contributed by atoms with Crippen molar-refractivity contribution in [2.24, 2.45) is 0 Å².